The summed E-state index contributed by atoms with van der Waals surface area (Å²) in [5.74, 6) is -2.06. The fourth-order valence-electron chi connectivity index (χ4n) is 4.03. The lowest BCUT2D eigenvalue weighted by Gasteiger charge is -2.26. The number of aliphatic hydroxyl groups excluding tert-OH is 1. The second kappa shape index (κ2) is 9.46. The molecule has 1 heterocycles. The van der Waals surface area contributed by atoms with E-state index in [0.717, 1.165) is 17.0 Å². The molecular weight excluding hydrogens is 483 g/mol. The van der Waals surface area contributed by atoms with E-state index >= 15 is 0 Å². The first-order chi connectivity index (χ1) is 16.6. The van der Waals surface area contributed by atoms with Crippen molar-refractivity contribution in [1.29, 1.82) is 0 Å². The van der Waals surface area contributed by atoms with Gasteiger partial charge in [-0.1, -0.05) is 54.1 Å². The SMILES string of the molecule is COc1ccc(Cl)c(/C(O)=C2\C(=O)C(=O)N(Cc3cccc(C(F)(F)F)c3)C2c2ccccc2)c1. The second-order valence-electron chi connectivity index (χ2n) is 7.88. The molecule has 0 spiro atoms. The Hall–Kier alpha value is -3.78. The van der Waals surface area contributed by atoms with Crippen molar-refractivity contribution >= 4 is 29.1 Å². The van der Waals surface area contributed by atoms with Gasteiger partial charge in [-0.15, -0.1) is 0 Å². The van der Waals surface area contributed by atoms with Crippen LogP contribution in [0.15, 0.2) is 78.4 Å². The maximum Gasteiger partial charge on any atom is 0.416 e. The van der Waals surface area contributed by atoms with E-state index in [4.69, 9.17) is 16.3 Å². The minimum Gasteiger partial charge on any atom is -0.507 e. The molecule has 1 aliphatic heterocycles. The second-order valence-corrected chi connectivity index (χ2v) is 8.29. The number of Topliss-reactive ketones (excluding diaryl/α,β-unsaturated/α-hetero) is 1. The van der Waals surface area contributed by atoms with Gasteiger partial charge >= 0.3 is 6.18 Å². The number of amides is 1. The monoisotopic (exact) mass is 501 g/mol. The molecule has 0 bridgehead atoms. The lowest BCUT2D eigenvalue weighted by Crippen LogP contribution is -2.29. The molecule has 0 saturated carbocycles. The van der Waals surface area contributed by atoms with Gasteiger partial charge in [0.25, 0.3) is 11.7 Å². The van der Waals surface area contributed by atoms with Crippen molar-refractivity contribution in [2.45, 2.75) is 18.8 Å². The summed E-state index contributed by atoms with van der Waals surface area (Å²) in [6.07, 6.45) is -4.56. The Labute approximate surface area is 204 Å². The number of methoxy groups -OCH3 is 1. The van der Waals surface area contributed by atoms with E-state index in [1.165, 1.54) is 31.4 Å². The minimum atomic E-state index is -4.56. The molecule has 1 fully saturated rings. The summed E-state index contributed by atoms with van der Waals surface area (Å²) in [5, 5.41) is 11.3. The van der Waals surface area contributed by atoms with Crippen molar-refractivity contribution in [3.8, 4) is 5.75 Å². The first kappa shape index (κ1) is 24.3. The number of benzene rings is 3. The number of carbonyl (C=O) groups excluding carboxylic acids is 2. The van der Waals surface area contributed by atoms with Crippen LogP contribution in [-0.4, -0.2) is 28.8 Å². The van der Waals surface area contributed by atoms with Crippen LogP contribution in [0, 0.1) is 0 Å². The molecule has 9 heteroatoms. The Balaban J connectivity index is 1.86. The van der Waals surface area contributed by atoms with Crippen LogP contribution in [0.1, 0.15) is 28.3 Å². The summed E-state index contributed by atoms with van der Waals surface area (Å²) in [7, 11) is 1.42. The molecule has 35 heavy (non-hydrogen) atoms. The topological polar surface area (TPSA) is 66.8 Å². The molecule has 3 aromatic rings. The van der Waals surface area contributed by atoms with Crippen molar-refractivity contribution < 1.29 is 32.6 Å². The maximum absolute atomic E-state index is 13.2. The Morgan fingerprint density at radius 3 is 2.40 bits per heavy atom. The zero-order valence-electron chi connectivity index (χ0n) is 18.3. The van der Waals surface area contributed by atoms with Crippen LogP contribution in [0.2, 0.25) is 5.02 Å². The van der Waals surface area contributed by atoms with Crippen molar-refractivity contribution in [2.75, 3.05) is 7.11 Å². The molecule has 1 saturated heterocycles. The van der Waals surface area contributed by atoms with Gasteiger partial charge in [0.1, 0.15) is 11.5 Å². The highest BCUT2D eigenvalue weighted by atomic mass is 35.5. The van der Waals surface area contributed by atoms with Crippen molar-refractivity contribution in [2.24, 2.45) is 0 Å². The van der Waals surface area contributed by atoms with Gasteiger partial charge < -0.3 is 14.7 Å². The van der Waals surface area contributed by atoms with Crippen LogP contribution in [0.3, 0.4) is 0 Å². The van der Waals surface area contributed by atoms with Crippen LogP contribution >= 0.6 is 11.6 Å². The molecule has 5 nitrogen and oxygen atoms in total. The van der Waals surface area contributed by atoms with Crippen LogP contribution in [0.25, 0.3) is 5.76 Å². The molecule has 3 aromatic carbocycles. The molecular formula is C26H19ClF3NO4. The number of alkyl halides is 3. The summed E-state index contributed by atoms with van der Waals surface area (Å²) in [6, 6.07) is 16.4. The van der Waals surface area contributed by atoms with Gasteiger partial charge in [-0.05, 0) is 41.5 Å². The van der Waals surface area contributed by atoms with Crippen LogP contribution in [0.4, 0.5) is 13.2 Å². The molecule has 4 rings (SSSR count). The molecule has 0 aliphatic carbocycles. The van der Waals surface area contributed by atoms with Crippen LogP contribution in [-0.2, 0) is 22.3 Å². The van der Waals surface area contributed by atoms with Crippen molar-refractivity contribution in [3.63, 3.8) is 0 Å². The minimum absolute atomic E-state index is 0.0871. The quantitative estimate of drug-likeness (QED) is 0.265. The van der Waals surface area contributed by atoms with Gasteiger partial charge in [-0.3, -0.25) is 9.59 Å². The van der Waals surface area contributed by atoms with Gasteiger partial charge in [0.15, 0.2) is 0 Å². The van der Waals surface area contributed by atoms with Crippen LogP contribution in [0.5, 0.6) is 5.75 Å². The van der Waals surface area contributed by atoms with E-state index in [2.05, 4.69) is 0 Å². The number of rotatable bonds is 5. The van der Waals surface area contributed by atoms with Gasteiger partial charge in [0.05, 0.1) is 29.3 Å². The molecule has 1 amide bonds. The summed E-state index contributed by atoms with van der Waals surface area (Å²) in [4.78, 5) is 27.4. The van der Waals surface area contributed by atoms with E-state index in [9.17, 15) is 27.9 Å². The smallest absolute Gasteiger partial charge is 0.416 e. The Bertz CT molecular complexity index is 1320. The molecule has 1 aliphatic rings. The molecule has 1 N–H and O–H groups in total. The highest BCUT2D eigenvalue weighted by molar-refractivity contribution is 6.47. The number of ketones is 1. The highest BCUT2D eigenvalue weighted by Gasteiger charge is 2.46. The van der Waals surface area contributed by atoms with Gasteiger partial charge in [0, 0.05) is 12.1 Å². The average Bonchev–Trinajstić information content (AvgIpc) is 3.09. The van der Waals surface area contributed by atoms with E-state index in [1.807, 2.05) is 0 Å². The zero-order chi connectivity index (χ0) is 25.3. The lowest BCUT2D eigenvalue weighted by molar-refractivity contribution is -0.140. The summed E-state index contributed by atoms with van der Waals surface area (Å²) >= 11 is 6.26. The average molecular weight is 502 g/mol. The molecule has 1 unspecified atom stereocenters. The Morgan fingerprint density at radius 2 is 1.74 bits per heavy atom. The third kappa shape index (κ3) is 4.74. The Morgan fingerprint density at radius 1 is 1.03 bits per heavy atom. The van der Waals surface area contributed by atoms with Gasteiger partial charge in [-0.2, -0.15) is 13.2 Å². The number of halogens is 4. The van der Waals surface area contributed by atoms with Crippen molar-refractivity contribution in [1.82, 2.24) is 4.90 Å². The first-order valence-electron chi connectivity index (χ1n) is 10.4. The predicted octanol–water partition coefficient (Wildman–Crippen LogP) is 5.99. The van der Waals surface area contributed by atoms with Gasteiger partial charge in [-0.25, -0.2) is 0 Å². The summed E-state index contributed by atoms with van der Waals surface area (Å²) in [6.45, 7) is -0.281. The summed E-state index contributed by atoms with van der Waals surface area (Å²) in [5.41, 5.74) is -0.320. The fourth-order valence-corrected chi connectivity index (χ4v) is 4.23. The molecule has 0 radical (unpaired) electrons. The molecule has 0 aromatic heterocycles. The first-order valence-corrected chi connectivity index (χ1v) is 10.8. The lowest BCUT2D eigenvalue weighted by atomic mass is 9.95. The number of aliphatic hydroxyl groups is 1. The number of carbonyl (C=O) groups is 2. The number of likely N-dealkylation sites (tertiary alicyclic amines) is 1. The third-order valence-electron chi connectivity index (χ3n) is 5.69. The fraction of sp³-hybridized carbons (Fsp3) is 0.154. The standard InChI is InChI=1S/C26H19ClF3NO4/c1-35-18-10-11-20(27)19(13-18)23(32)21-22(16-7-3-2-4-8-16)31(25(34)24(21)33)14-15-6-5-9-17(12-15)26(28,29)30/h2-13,22,32H,14H2,1H3/b23-21+. The number of ether oxygens (including phenoxy) is 1. The normalized spacial score (nSPS) is 17.6. The van der Waals surface area contributed by atoms with Gasteiger partial charge in [0.2, 0.25) is 0 Å². The number of hydrogen-bond acceptors (Lipinski definition) is 4. The van der Waals surface area contributed by atoms with E-state index in [0.29, 0.717) is 11.3 Å². The van der Waals surface area contributed by atoms with E-state index < -0.39 is 35.2 Å². The molecule has 1 atom stereocenters. The van der Waals surface area contributed by atoms with Crippen molar-refractivity contribution in [3.05, 3.63) is 106 Å². The Kier molecular flexibility index (Phi) is 6.58. The molecule has 180 valence electrons. The predicted molar refractivity (Wildman–Crippen MR) is 124 cm³/mol. The highest BCUT2D eigenvalue weighted by Crippen LogP contribution is 2.42. The largest absolute Gasteiger partial charge is 0.507 e. The van der Waals surface area contributed by atoms with Crippen LogP contribution < -0.4 is 4.74 Å². The number of nitrogens with zero attached hydrogens (tertiary/aromatic N) is 1. The zero-order valence-corrected chi connectivity index (χ0v) is 19.1. The van der Waals surface area contributed by atoms with E-state index in [-0.39, 0.29) is 28.3 Å². The maximum atomic E-state index is 13.2. The van der Waals surface area contributed by atoms with E-state index in [1.54, 1.807) is 36.4 Å². The third-order valence-corrected chi connectivity index (χ3v) is 6.02. The summed E-state index contributed by atoms with van der Waals surface area (Å²) < 4.78 is 44.8. The number of hydrogen-bond donors (Lipinski definition) is 1.